The zero-order valence-corrected chi connectivity index (χ0v) is 9.29. The summed E-state index contributed by atoms with van der Waals surface area (Å²) in [4.78, 5) is 0. The van der Waals surface area contributed by atoms with Crippen LogP contribution in [0.2, 0.25) is 5.02 Å². The van der Waals surface area contributed by atoms with Crippen molar-refractivity contribution >= 4 is 17.2 Å². The summed E-state index contributed by atoms with van der Waals surface area (Å²) in [7, 11) is 0. The molecule has 1 aromatic carbocycles. The van der Waals surface area contributed by atoms with Crippen molar-refractivity contribution in [3.05, 3.63) is 40.7 Å². The molecule has 0 saturated heterocycles. The maximum absolute atomic E-state index is 13.2. The van der Waals surface area contributed by atoms with E-state index < -0.39 is 0 Å². The van der Waals surface area contributed by atoms with Gasteiger partial charge in [0.15, 0.2) is 0 Å². The van der Waals surface area contributed by atoms with Gasteiger partial charge in [0.05, 0.1) is 5.02 Å². The average Bonchev–Trinajstić information content (AvgIpc) is 2.11. The van der Waals surface area contributed by atoms with Gasteiger partial charge in [0.25, 0.3) is 0 Å². The maximum Gasteiger partial charge on any atom is 0.142 e. The number of aryl methyl sites for hydroxylation is 1. The summed E-state index contributed by atoms with van der Waals surface area (Å²) in [6, 6.07) is 3.11. The van der Waals surface area contributed by atoms with Crippen LogP contribution in [0, 0.1) is 12.7 Å². The van der Waals surface area contributed by atoms with Crippen LogP contribution in [0.5, 0.6) is 0 Å². The Hall–Kier alpha value is -0.820. The first kappa shape index (κ1) is 11.3. The summed E-state index contributed by atoms with van der Waals surface area (Å²) in [6.07, 6.45) is 1.91. The quantitative estimate of drug-likeness (QED) is 0.687. The van der Waals surface area contributed by atoms with Crippen LogP contribution in [0.3, 0.4) is 0 Å². The van der Waals surface area contributed by atoms with E-state index in [2.05, 4.69) is 13.5 Å². The lowest BCUT2D eigenvalue weighted by Crippen LogP contribution is -1.90. The van der Waals surface area contributed by atoms with E-state index in [0.717, 1.165) is 29.5 Å². The Labute approximate surface area is 89.4 Å². The monoisotopic (exact) mass is 212 g/mol. The van der Waals surface area contributed by atoms with Gasteiger partial charge in [-0.2, -0.15) is 0 Å². The van der Waals surface area contributed by atoms with Crippen LogP contribution in [0.4, 0.5) is 4.39 Å². The summed E-state index contributed by atoms with van der Waals surface area (Å²) in [5.74, 6) is -0.371. The number of allylic oxidation sites excluding steroid dienone is 1. The molecule has 0 unspecified atom stereocenters. The fourth-order valence-electron chi connectivity index (χ4n) is 1.46. The fraction of sp³-hybridized carbons (Fsp3) is 0.333. The molecule has 2 heteroatoms. The Kier molecular flexibility index (Phi) is 3.70. The van der Waals surface area contributed by atoms with Crippen LogP contribution in [-0.2, 0) is 0 Å². The molecule has 0 fully saturated rings. The number of hydrogen-bond donors (Lipinski definition) is 0. The molecular weight excluding hydrogens is 199 g/mol. The van der Waals surface area contributed by atoms with Crippen molar-refractivity contribution in [3.8, 4) is 0 Å². The highest BCUT2D eigenvalue weighted by Gasteiger charge is 2.07. The summed E-state index contributed by atoms with van der Waals surface area (Å²) in [5, 5.41) is 0.176. The smallest absolute Gasteiger partial charge is 0.142 e. The van der Waals surface area contributed by atoms with E-state index in [9.17, 15) is 4.39 Å². The molecule has 0 radical (unpaired) electrons. The zero-order valence-electron chi connectivity index (χ0n) is 8.53. The van der Waals surface area contributed by atoms with Crippen molar-refractivity contribution < 1.29 is 4.39 Å². The molecule has 0 nitrogen and oxygen atoms in total. The molecule has 1 rings (SSSR count). The van der Waals surface area contributed by atoms with Crippen LogP contribution in [0.1, 0.15) is 30.9 Å². The van der Waals surface area contributed by atoms with Crippen LogP contribution in [0.25, 0.3) is 5.57 Å². The topological polar surface area (TPSA) is 0 Å². The maximum atomic E-state index is 13.2. The number of hydrogen-bond acceptors (Lipinski definition) is 0. The zero-order chi connectivity index (χ0) is 10.7. The van der Waals surface area contributed by atoms with Gasteiger partial charge in [-0.25, -0.2) is 4.39 Å². The van der Waals surface area contributed by atoms with Gasteiger partial charge in [-0.3, -0.25) is 0 Å². The van der Waals surface area contributed by atoms with Gasteiger partial charge < -0.3 is 0 Å². The standard InChI is InChI=1S/C12H14ClF/c1-4-5-8(2)10-7-12(14)11(13)6-9(10)3/h6-7H,2,4-5H2,1,3H3. The second-order valence-electron chi connectivity index (χ2n) is 3.43. The normalized spacial score (nSPS) is 10.3. The Bertz CT molecular complexity index is 356. The van der Waals surface area contributed by atoms with E-state index in [1.54, 1.807) is 6.07 Å². The molecule has 0 aromatic heterocycles. The largest absolute Gasteiger partial charge is 0.205 e. The lowest BCUT2D eigenvalue weighted by atomic mass is 9.98. The molecule has 1 aromatic rings. The van der Waals surface area contributed by atoms with E-state index in [-0.39, 0.29) is 10.8 Å². The minimum atomic E-state index is -0.371. The van der Waals surface area contributed by atoms with Crippen LogP contribution in [-0.4, -0.2) is 0 Å². The van der Waals surface area contributed by atoms with E-state index in [0.29, 0.717) is 0 Å². The van der Waals surface area contributed by atoms with Gasteiger partial charge in [-0.15, -0.1) is 0 Å². The van der Waals surface area contributed by atoms with Crippen LogP contribution < -0.4 is 0 Å². The Morgan fingerprint density at radius 2 is 2.14 bits per heavy atom. The molecule has 0 amide bonds. The second kappa shape index (κ2) is 4.61. The molecule has 0 atom stereocenters. The first-order valence-electron chi connectivity index (χ1n) is 4.70. The molecule has 0 bridgehead atoms. The van der Waals surface area contributed by atoms with Gasteiger partial charge in [-0.1, -0.05) is 31.5 Å². The van der Waals surface area contributed by atoms with Gasteiger partial charge in [-0.05, 0) is 42.2 Å². The molecular formula is C12H14ClF. The van der Waals surface area contributed by atoms with Crippen molar-refractivity contribution in [3.63, 3.8) is 0 Å². The first-order valence-corrected chi connectivity index (χ1v) is 5.07. The van der Waals surface area contributed by atoms with Gasteiger partial charge >= 0.3 is 0 Å². The molecule has 0 heterocycles. The Balaban J connectivity index is 3.09. The third-order valence-electron chi connectivity index (χ3n) is 2.20. The summed E-state index contributed by atoms with van der Waals surface area (Å²) in [5.41, 5.74) is 2.84. The minimum absolute atomic E-state index is 0.176. The fourth-order valence-corrected chi connectivity index (χ4v) is 1.68. The highest BCUT2D eigenvalue weighted by atomic mass is 35.5. The summed E-state index contributed by atoms with van der Waals surface area (Å²) < 4.78 is 13.2. The molecule has 0 saturated carbocycles. The van der Waals surface area contributed by atoms with Crippen molar-refractivity contribution in [1.29, 1.82) is 0 Å². The third-order valence-corrected chi connectivity index (χ3v) is 2.49. The first-order chi connectivity index (χ1) is 6.56. The predicted molar refractivity (Wildman–Crippen MR) is 60.1 cm³/mol. The Morgan fingerprint density at radius 3 is 2.71 bits per heavy atom. The predicted octanol–water partition coefficient (Wildman–Crippen LogP) is 4.60. The second-order valence-corrected chi connectivity index (χ2v) is 3.84. The Morgan fingerprint density at radius 1 is 1.50 bits per heavy atom. The highest BCUT2D eigenvalue weighted by Crippen LogP contribution is 2.26. The molecule has 0 N–H and O–H groups in total. The third kappa shape index (κ3) is 2.36. The van der Waals surface area contributed by atoms with E-state index in [1.807, 2.05) is 6.92 Å². The molecule has 76 valence electrons. The molecule has 0 aliphatic heterocycles. The molecule has 0 aliphatic carbocycles. The molecule has 0 spiro atoms. The lowest BCUT2D eigenvalue weighted by molar-refractivity contribution is 0.627. The van der Waals surface area contributed by atoms with Gasteiger partial charge in [0.2, 0.25) is 0 Å². The van der Waals surface area contributed by atoms with E-state index >= 15 is 0 Å². The molecule has 0 aliphatic rings. The summed E-state index contributed by atoms with van der Waals surface area (Å²) in [6.45, 7) is 7.93. The van der Waals surface area contributed by atoms with Crippen LogP contribution >= 0.6 is 11.6 Å². The van der Waals surface area contributed by atoms with Crippen molar-refractivity contribution in [2.45, 2.75) is 26.7 Å². The van der Waals surface area contributed by atoms with E-state index in [1.165, 1.54) is 6.07 Å². The average molecular weight is 213 g/mol. The highest BCUT2D eigenvalue weighted by molar-refractivity contribution is 6.30. The van der Waals surface area contributed by atoms with Crippen molar-refractivity contribution in [1.82, 2.24) is 0 Å². The lowest BCUT2D eigenvalue weighted by Gasteiger charge is -2.09. The molecule has 14 heavy (non-hydrogen) atoms. The van der Waals surface area contributed by atoms with Gasteiger partial charge in [0, 0.05) is 0 Å². The number of rotatable bonds is 3. The summed E-state index contributed by atoms with van der Waals surface area (Å²) >= 11 is 5.66. The number of halogens is 2. The van der Waals surface area contributed by atoms with E-state index in [4.69, 9.17) is 11.6 Å². The van der Waals surface area contributed by atoms with Gasteiger partial charge in [0.1, 0.15) is 5.82 Å². The van der Waals surface area contributed by atoms with Crippen molar-refractivity contribution in [2.24, 2.45) is 0 Å². The van der Waals surface area contributed by atoms with Crippen molar-refractivity contribution in [2.75, 3.05) is 0 Å². The minimum Gasteiger partial charge on any atom is -0.205 e. The van der Waals surface area contributed by atoms with Crippen LogP contribution in [0.15, 0.2) is 18.7 Å². The number of benzene rings is 1. The SMILES string of the molecule is C=C(CCC)c1cc(F)c(Cl)cc1C.